The zero-order valence-electron chi connectivity index (χ0n) is 14.4. The number of piperidine rings is 1. The van der Waals surface area contributed by atoms with E-state index < -0.39 is 15.9 Å². The van der Waals surface area contributed by atoms with E-state index in [4.69, 9.17) is 4.42 Å². The summed E-state index contributed by atoms with van der Waals surface area (Å²) in [5, 5.41) is 2.70. The highest BCUT2D eigenvalue weighted by Gasteiger charge is 2.27. The number of nitrogens with zero attached hydrogens (tertiary/aromatic N) is 1. The third-order valence-electron chi connectivity index (χ3n) is 4.34. The van der Waals surface area contributed by atoms with Crippen LogP contribution >= 0.6 is 0 Å². The molecule has 7 heteroatoms. The van der Waals surface area contributed by atoms with Crippen molar-refractivity contribution in [2.24, 2.45) is 0 Å². The summed E-state index contributed by atoms with van der Waals surface area (Å²) >= 11 is 0. The molecule has 25 heavy (non-hydrogen) atoms. The average molecular weight is 362 g/mol. The molecule has 0 saturated carbocycles. The summed E-state index contributed by atoms with van der Waals surface area (Å²) in [6.45, 7) is 4.61. The monoisotopic (exact) mass is 362 g/mol. The van der Waals surface area contributed by atoms with Crippen molar-refractivity contribution in [1.82, 2.24) is 4.31 Å². The molecule has 3 rings (SSSR count). The van der Waals surface area contributed by atoms with Gasteiger partial charge < -0.3 is 9.73 Å². The van der Waals surface area contributed by atoms with Gasteiger partial charge in [-0.05, 0) is 56.5 Å². The van der Waals surface area contributed by atoms with Crippen molar-refractivity contribution in [1.29, 1.82) is 0 Å². The van der Waals surface area contributed by atoms with Crippen LogP contribution in [0, 0.1) is 13.8 Å². The van der Waals surface area contributed by atoms with Crippen molar-refractivity contribution < 1.29 is 17.6 Å². The van der Waals surface area contributed by atoms with E-state index in [0.29, 0.717) is 30.1 Å². The van der Waals surface area contributed by atoms with Gasteiger partial charge in [0.1, 0.15) is 5.76 Å². The molecule has 1 aliphatic heterocycles. The Morgan fingerprint density at radius 3 is 2.44 bits per heavy atom. The van der Waals surface area contributed by atoms with E-state index in [1.807, 2.05) is 0 Å². The molecule has 0 atom stereocenters. The topological polar surface area (TPSA) is 79.6 Å². The quantitative estimate of drug-likeness (QED) is 0.905. The van der Waals surface area contributed by atoms with Crippen LogP contribution in [0.1, 0.15) is 41.1 Å². The first-order valence-corrected chi connectivity index (χ1v) is 9.80. The standard InChI is InChI=1S/C18H22N2O4S/c1-13-6-8-15(19-18(21)16-9-7-14(2)24-16)12-17(13)25(22,23)20-10-4-3-5-11-20/h6-9,12H,3-5,10-11H2,1-2H3,(H,19,21). The molecule has 2 aromatic rings. The number of benzene rings is 1. The molecule has 1 aromatic carbocycles. The Hall–Kier alpha value is -2.12. The molecule has 1 fully saturated rings. The Morgan fingerprint density at radius 1 is 1.08 bits per heavy atom. The van der Waals surface area contributed by atoms with Gasteiger partial charge in [-0.1, -0.05) is 12.5 Å². The number of rotatable bonds is 4. The van der Waals surface area contributed by atoms with E-state index in [-0.39, 0.29) is 10.7 Å². The Bertz CT molecular complexity index is 880. The molecule has 1 amide bonds. The van der Waals surface area contributed by atoms with Gasteiger partial charge in [-0.3, -0.25) is 4.79 Å². The summed E-state index contributed by atoms with van der Waals surface area (Å²) in [6, 6.07) is 8.21. The summed E-state index contributed by atoms with van der Waals surface area (Å²) < 4.78 is 32.7. The van der Waals surface area contributed by atoms with Crippen LogP contribution in [0.5, 0.6) is 0 Å². The minimum absolute atomic E-state index is 0.193. The summed E-state index contributed by atoms with van der Waals surface area (Å²) in [5.41, 5.74) is 1.10. The van der Waals surface area contributed by atoms with E-state index in [9.17, 15) is 13.2 Å². The smallest absolute Gasteiger partial charge is 0.291 e. The SMILES string of the molecule is Cc1ccc(C(=O)Nc2ccc(C)c(S(=O)(=O)N3CCCCC3)c2)o1. The Labute approximate surface area is 147 Å². The molecule has 0 aliphatic carbocycles. The molecule has 1 aromatic heterocycles. The third kappa shape index (κ3) is 3.77. The minimum Gasteiger partial charge on any atom is -0.456 e. The van der Waals surface area contributed by atoms with Crippen LogP contribution in [0.2, 0.25) is 0 Å². The normalized spacial score (nSPS) is 15.9. The molecular formula is C18H22N2O4S. The Balaban J connectivity index is 1.86. The highest BCUT2D eigenvalue weighted by Crippen LogP contribution is 2.26. The van der Waals surface area contributed by atoms with Gasteiger partial charge in [0, 0.05) is 18.8 Å². The van der Waals surface area contributed by atoms with E-state index in [2.05, 4.69) is 5.32 Å². The first kappa shape index (κ1) is 17.7. The molecule has 1 aliphatic rings. The summed E-state index contributed by atoms with van der Waals surface area (Å²) in [4.78, 5) is 12.4. The molecule has 0 bridgehead atoms. The van der Waals surface area contributed by atoms with Crippen LogP contribution in [0.25, 0.3) is 0 Å². The van der Waals surface area contributed by atoms with Crippen molar-refractivity contribution in [3.63, 3.8) is 0 Å². The predicted octanol–water partition coefficient (Wildman–Crippen LogP) is 3.32. The lowest BCUT2D eigenvalue weighted by Crippen LogP contribution is -2.36. The molecule has 2 heterocycles. The van der Waals surface area contributed by atoms with Gasteiger partial charge in [0.05, 0.1) is 4.90 Å². The number of anilines is 1. The van der Waals surface area contributed by atoms with E-state index in [1.165, 1.54) is 10.4 Å². The highest BCUT2D eigenvalue weighted by atomic mass is 32.2. The maximum absolute atomic E-state index is 12.9. The average Bonchev–Trinajstić information content (AvgIpc) is 3.04. The number of carbonyl (C=O) groups is 1. The van der Waals surface area contributed by atoms with Crippen LogP contribution in [0.15, 0.2) is 39.6 Å². The number of sulfonamides is 1. The lowest BCUT2D eigenvalue weighted by molar-refractivity contribution is 0.0995. The van der Waals surface area contributed by atoms with Crippen LogP contribution < -0.4 is 5.32 Å². The van der Waals surface area contributed by atoms with Crippen molar-refractivity contribution >= 4 is 21.6 Å². The number of carbonyl (C=O) groups excluding carboxylic acids is 1. The number of hydrogen-bond acceptors (Lipinski definition) is 4. The second kappa shape index (κ2) is 7.01. The maximum atomic E-state index is 12.9. The lowest BCUT2D eigenvalue weighted by atomic mass is 10.2. The molecule has 134 valence electrons. The molecular weight excluding hydrogens is 340 g/mol. The van der Waals surface area contributed by atoms with Gasteiger partial charge in [-0.2, -0.15) is 4.31 Å². The van der Waals surface area contributed by atoms with Gasteiger partial charge in [0.15, 0.2) is 5.76 Å². The molecule has 0 unspecified atom stereocenters. The van der Waals surface area contributed by atoms with Crippen molar-refractivity contribution in [2.75, 3.05) is 18.4 Å². The first-order valence-electron chi connectivity index (χ1n) is 8.36. The number of nitrogens with one attached hydrogen (secondary N) is 1. The summed E-state index contributed by atoms with van der Waals surface area (Å²) in [6.07, 6.45) is 2.82. The molecule has 0 spiro atoms. The summed E-state index contributed by atoms with van der Waals surface area (Å²) in [5.74, 6) is 0.430. The minimum atomic E-state index is -3.55. The van der Waals surface area contributed by atoms with E-state index in [1.54, 1.807) is 38.1 Å². The van der Waals surface area contributed by atoms with Crippen molar-refractivity contribution in [3.8, 4) is 0 Å². The Kier molecular flexibility index (Phi) is 4.96. The van der Waals surface area contributed by atoms with Crippen LogP contribution in [-0.2, 0) is 10.0 Å². The fourth-order valence-corrected chi connectivity index (χ4v) is 4.72. The van der Waals surface area contributed by atoms with Crippen molar-refractivity contribution in [2.45, 2.75) is 38.0 Å². The van der Waals surface area contributed by atoms with Crippen molar-refractivity contribution in [3.05, 3.63) is 47.4 Å². The first-order chi connectivity index (χ1) is 11.9. The zero-order chi connectivity index (χ0) is 18.0. The number of furan rings is 1. The lowest BCUT2D eigenvalue weighted by Gasteiger charge is -2.26. The maximum Gasteiger partial charge on any atom is 0.291 e. The van der Waals surface area contributed by atoms with Crippen LogP contribution in [-0.4, -0.2) is 31.7 Å². The predicted molar refractivity (Wildman–Crippen MR) is 95.2 cm³/mol. The van der Waals surface area contributed by atoms with E-state index >= 15 is 0 Å². The van der Waals surface area contributed by atoms with Gasteiger partial charge in [-0.15, -0.1) is 0 Å². The number of aryl methyl sites for hydroxylation is 2. The molecule has 6 nitrogen and oxygen atoms in total. The second-order valence-corrected chi connectivity index (χ2v) is 8.22. The van der Waals surface area contributed by atoms with E-state index in [0.717, 1.165) is 19.3 Å². The fraction of sp³-hybridized carbons (Fsp3) is 0.389. The molecule has 1 saturated heterocycles. The third-order valence-corrected chi connectivity index (χ3v) is 6.38. The van der Waals surface area contributed by atoms with Crippen LogP contribution in [0.3, 0.4) is 0 Å². The number of hydrogen-bond donors (Lipinski definition) is 1. The number of amides is 1. The second-order valence-electron chi connectivity index (χ2n) is 6.31. The zero-order valence-corrected chi connectivity index (χ0v) is 15.2. The molecule has 1 N–H and O–H groups in total. The molecule has 0 radical (unpaired) electrons. The van der Waals surface area contributed by atoms with Gasteiger partial charge >= 0.3 is 0 Å². The Morgan fingerprint density at radius 2 is 1.80 bits per heavy atom. The van der Waals surface area contributed by atoms with Gasteiger partial charge in [-0.25, -0.2) is 8.42 Å². The highest BCUT2D eigenvalue weighted by molar-refractivity contribution is 7.89. The fourth-order valence-electron chi connectivity index (χ4n) is 2.95. The van der Waals surface area contributed by atoms with Crippen LogP contribution in [0.4, 0.5) is 5.69 Å². The largest absolute Gasteiger partial charge is 0.456 e. The summed E-state index contributed by atoms with van der Waals surface area (Å²) in [7, 11) is -3.55. The van der Waals surface area contributed by atoms with Gasteiger partial charge in [0.25, 0.3) is 5.91 Å². The van der Waals surface area contributed by atoms with Gasteiger partial charge in [0.2, 0.25) is 10.0 Å².